The number of fused-ring (bicyclic) bond motifs is 1. The maximum Gasteiger partial charge on any atom is 0.260 e. The molecule has 3 rings (SSSR count). The first-order valence-corrected chi connectivity index (χ1v) is 7.92. The summed E-state index contributed by atoms with van der Waals surface area (Å²) in [5, 5.41) is 4.17. The number of hydrazone groups is 1. The van der Waals surface area contributed by atoms with Gasteiger partial charge in [-0.25, -0.2) is 10.4 Å². The minimum Gasteiger partial charge on any atom is -0.321 e. The Balaban J connectivity index is 1.70. The monoisotopic (exact) mass is 370 g/mol. The highest BCUT2D eigenvalue weighted by molar-refractivity contribution is 9.10. The molecule has 5 nitrogen and oxygen atoms in total. The first kappa shape index (κ1) is 15.4. The van der Waals surface area contributed by atoms with Crippen LogP contribution in [0.1, 0.15) is 12.5 Å². The summed E-state index contributed by atoms with van der Waals surface area (Å²) in [5.41, 5.74) is 6.07. The number of carbonyl (C=O) groups excluding carboxylic acids is 1. The molecule has 6 heteroatoms. The van der Waals surface area contributed by atoms with E-state index in [1.165, 1.54) is 0 Å². The van der Waals surface area contributed by atoms with Gasteiger partial charge in [0.15, 0.2) is 0 Å². The lowest BCUT2D eigenvalue weighted by Gasteiger charge is -2.06. The normalized spacial score (nSPS) is 11.7. The third kappa shape index (κ3) is 3.48. The second kappa shape index (κ2) is 6.75. The molecule has 0 saturated carbocycles. The minimum absolute atomic E-state index is 0.174. The zero-order valence-electron chi connectivity index (χ0n) is 12.5. The van der Waals surface area contributed by atoms with Crippen molar-refractivity contribution in [3.63, 3.8) is 0 Å². The zero-order valence-corrected chi connectivity index (χ0v) is 14.1. The van der Waals surface area contributed by atoms with Gasteiger partial charge in [0, 0.05) is 10.0 Å². The van der Waals surface area contributed by atoms with Gasteiger partial charge in [0.05, 0.1) is 23.1 Å². The van der Waals surface area contributed by atoms with Crippen molar-refractivity contribution in [2.45, 2.75) is 13.5 Å². The van der Waals surface area contributed by atoms with Crippen LogP contribution in [0.3, 0.4) is 0 Å². The first-order chi connectivity index (χ1) is 11.1. The Kier molecular flexibility index (Phi) is 4.52. The van der Waals surface area contributed by atoms with Crippen molar-refractivity contribution in [3.05, 3.63) is 64.9 Å². The fourth-order valence-corrected chi connectivity index (χ4v) is 2.86. The molecule has 0 atom stereocenters. The number of hydrogen-bond acceptors (Lipinski definition) is 3. The molecule has 0 fully saturated rings. The van der Waals surface area contributed by atoms with Crippen LogP contribution in [-0.2, 0) is 11.3 Å². The number of aromatic nitrogens is 2. The fourth-order valence-electron chi connectivity index (χ4n) is 2.29. The van der Waals surface area contributed by atoms with E-state index in [9.17, 15) is 4.79 Å². The maximum atomic E-state index is 12.1. The standard InChI is InChI=1S/C17H15BrN4O/c1-12(13-6-2-3-7-14(13)18)20-21-17(23)10-22-11-19-15-8-4-5-9-16(15)22/h2-9,11H,10H2,1H3,(H,21,23)/b20-12+. The van der Waals surface area contributed by atoms with Crippen LogP contribution in [0.5, 0.6) is 0 Å². The quantitative estimate of drug-likeness (QED) is 0.565. The molecular formula is C17H15BrN4O. The molecule has 0 aliphatic carbocycles. The molecule has 0 bridgehead atoms. The number of imidazole rings is 1. The van der Waals surface area contributed by atoms with E-state index in [2.05, 4.69) is 31.4 Å². The van der Waals surface area contributed by atoms with E-state index in [-0.39, 0.29) is 12.5 Å². The predicted octanol–water partition coefficient (Wildman–Crippen LogP) is 3.34. The summed E-state index contributed by atoms with van der Waals surface area (Å²) in [6.45, 7) is 2.03. The van der Waals surface area contributed by atoms with Crippen molar-refractivity contribution in [1.82, 2.24) is 15.0 Å². The van der Waals surface area contributed by atoms with Gasteiger partial charge in [0.25, 0.3) is 5.91 Å². The Morgan fingerprint density at radius 3 is 2.78 bits per heavy atom. The van der Waals surface area contributed by atoms with Crippen molar-refractivity contribution in [1.29, 1.82) is 0 Å². The summed E-state index contributed by atoms with van der Waals surface area (Å²) in [6, 6.07) is 15.4. The molecule has 0 radical (unpaired) electrons. The molecule has 1 aromatic heterocycles. The molecular weight excluding hydrogens is 356 g/mol. The van der Waals surface area contributed by atoms with Crippen LogP contribution in [0.15, 0.2) is 64.4 Å². The highest BCUT2D eigenvalue weighted by atomic mass is 79.9. The van der Waals surface area contributed by atoms with E-state index in [1.54, 1.807) is 10.9 Å². The molecule has 0 saturated heterocycles. The van der Waals surface area contributed by atoms with E-state index in [0.717, 1.165) is 26.8 Å². The van der Waals surface area contributed by atoms with Crippen LogP contribution in [0.2, 0.25) is 0 Å². The third-order valence-electron chi connectivity index (χ3n) is 3.45. The average Bonchev–Trinajstić information content (AvgIpc) is 2.96. The summed E-state index contributed by atoms with van der Waals surface area (Å²) in [5.74, 6) is -0.195. The molecule has 0 unspecified atom stereocenters. The summed E-state index contributed by atoms with van der Waals surface area (Å²) in [4.78, 5) is 16.4. The first-order valence-electron chi connectivity index (χ1n) is 7.13. The fraction of sp³-hybridized carbons (Fsp3) is 0.118. The van der Waals surface area contributed by atoms with Gasteiger partial charge in [-0.15, -0.1) is 0 Å². The Morgan fingerprint density at radius 1 is 1.22 bits per heavy atom. The number of rotatable bonds is 4. The summed E-state index contributed by atoms with van der Waals surface area (Å²) >= 11 is 3.47. The number of hydrogen-bond donors (Lipinski definition) is 1. The number of para-hydroxylation sites is 2. The van der Waals surface area contributed by atoms with E-state index in [4.69, 9.17) is 0 Å². The van der Waals surface area contributed by atoms with E-state index in [0.29, 0.717) is 0 Å². The lowest BCUT2D eigenvalue weighted by atomic mass is 10.1. The van der Waals surface area contributed by atoms with Crippen LogP contribution < -0.4 is 5.43 Å². The number of benzene rings is 2. The average molecular weight is 371 g/mol. The van der Waals surface area contributed by atoms with Gasteiger partial charge in [0.1, 0.15) is 6.54 Å². The topological polar surface area (TPSA) is 59.3 Å². The Hall–Kier alpha value is -2.47. The van der Waals surface area contributed by atoms with Gasteiger partial charge in [0.2, 0.25) is 0 Å². The minimum atomic E-state index is -0.195. The summed E-state index contributed by atoms with van der Waals surface area (Å²) in [7, 11) is 0. The molecule has 23 heavy (non-hydrogen) atoms. The molecule has 0 aliphatic rings. The molecule has 1 amide bonds. The van der Waals surface area contributed by atoms with Crippen LogP contribution in [0.25, 0.3) is 11.0 Å². The summed E-state index contributed by atoms with van der Waals surface area (Å²) in [6.07, 6.45) is 1.66. The molecule has 1 N–H and O–H groups in total. The Bertz CT molecular complexity index is 885. The van der Waals surface area contributed by atoms with Crippen molar-refractivity contribution in [2.24, 2.45) is 5.10 Å². The smallest absolute Gasteiger partial charge is 0.260 e. The van der Waals surface area contributed by atoms with Gasteiger partial charge in [-0.3, -0.25) is 4.79 Å². The Morgan fingerprint density at radius 2 is 1.96 bits per heavy atom. The van der Waals surface area contributed by atoms with Crippen LogP contribution in [0.4, 0.5) is 0 Å². The van der Waals surface area contributed by atoms with Crippen LogP contribution >= 0.6 is 15.9 Å². The van der Waals surface area contributed by atoms with Crippen LogP contribution in [-0.4, -0.2) is 21.2 Å². The molecule has 3 aromatic rings. The second-order valence-electron chi connectivity index (χ2n) is 5.07. The number of amides is 1. The third-order valence-corrected chi connectivity index (χ3v) is 4.14. The number of carbonyl (C=O) groups is 1. The van der Waals surface area contributed by atoms with Gasteiger partial charge in [-0.05, 0) is 25.1 Å². The number of nitrogens with zero attached hydrogens (tertiary/aromatic N) is 3. The molecule has 2 aromatic carbocycles. The van der Waals surface area contributed by atoms with E-state index in [1.807, 2.05) is 55.5 Å². The van der Waals surface area contributed by atoms with Crippen molar-refractivity contribution in [3.8, 4) is 0 Å². The molecule has 0 spiro atoms. The van der Waals surface area contributed by atoms with Gasteiger partial charge >= 0.3 is 0 Å². The number of halogens is 1. The van der Waals surface area contributed by atoms with Gasteiger partial charge < -0.3 is 4.57 Å². The number of nitrogens with one attached hydrogen (secondary N) is 1. The highest BCUT2D eigenvalue weighted by Gasteiger charge is 2.07. The van der Waals surface area contributed by atoms with Crippen molar-refractivity contribution < 1.29 is 4.79 Å². The summed E-state index contributed by atoms with van der Waals surface area (Å²) < 4.78 is 2.74. The predicted molar refractivity (Wildman–Crippen MR) is 94.2 cm³/mol. The van der Waals surface area contributed by atoms with E-state index < -0.39 is 0 Å². The van der Waals surface area contributed by atoms with Crippen LogP contribution in [0, 0.1) is 0 Å². The second-order valence-corrected chi connectivity index (χ2v) is 5.93. The SMILES string of the molecule is C/C(=N\NC(=O)Cn1cnc2ccccc21)c1ccccc1Br. The zero-order chi connectivity index (χ0) is 16.2. The van der Waals surface area contributed by atoms with Gasteiger partial charge in [-0.1, -0.05) is 46.3 Å². The van der Waals surface area contributed by atoms with E-state index >= 15 is 0 Å². The lowest BCUT2D eigenvalue weighted by molar-refractivity contribution is -0.121. The maximum absolute atomic E-state index is 12.1. The van der Waals surface area contributed by atoms with Crippen molar-refractivity contribution in [2.75, 3.05) is 0 Å². The largest absolute Gasteiger partial charge is 0.321 e. The van der Waals surface area contributed by atoms with Gasteiger partial charge in [-0.2, -0.15) is 5.10 Å². The molecule has 1 heterocycles. The lowest BCUT2D eigenvalue weighted by Crippen LogP contribution is -2.24. The Labute approximate surface area is 142 Å². The highest BCUT2D eigenvalue weighted by Crippen LogP contribution is 2.16. The molecule has 116 valence electrons. The van der Waals surface area contributed by atoms with Crippen molar-refractivity contribution >= 4 is 38.6 Å². The molecule has 0 aliphatic heterocycles.